The Labute approximate surface area is 108 Å². The van der Waals surface area contributed by atoms with E-state index in [4.69, 9.17) is 0 Å². The zero-order chi connectivity index (χ0) is 13.1. The van der Waals surface area contributed by atoms with Gasteiger partial charge in [0.1, 0.15) is 0 Å². The molecule has 0 aromatic carbocycles. The Morgan fingerprint density at radius 2 is 2.33 bits per heavy atom. The molecule has 1 saturated heterocycles. The van der Waals surface area contributed by atoms with Gasteiger partial charge in [-0.2, -0.15) is 0 Å². The minimum absolute atomic E-state index is 0.101. The van der Waals surface area contributed by atoms with Gasteiger partial charge >= 0.3 is 0 Å². The number of aromatic nitrogens is 1. The molecule has 1 N–H and O–H groups in total. The van der Waals surface area contributed by atoms with Gasteiger partial charge in [0.25, 0.3) is 5.91 Å². The monoisotopic (exact) mass is 247 g/mol. The Kier molecular flexibility index (Phi) is 3.84. The summed E-state index contributed by atoms with van der Waals surface area (Å²) in [7, 11) is 1.83. The van der Waals surface area contributed by atoms with E-state index in [0.29, 0.717) is 17.6 Å². The van der Waals surface area contributed by atoms with Crippen LogP contribution in [0.2, 0.25) is 0 Å². The molecular formula is C14H21N3O. The molecule has 4 heteroatoms. The number of amides is 1. The quantitative estimate of drug-likeness (QED) is 0.892. The van der Waals surface area contributed by atoms with Crippen molar-refractivity contribution in [2.45, 2.75) is 45.2 Å². The van der Waals surface area contributed by atoms with E-state index >= 15 is 0 Å². The zero-order valence-corrected chi connectivity index (χ0v) is 11.3. The van der Waals surface area contributed by atoms with E-state index < -0.39 is 0 Å². The lowest BCUT2D eigenvalue weighted by atomic mass is 10.1. The second-order valence-corrected chi connectivity index (χ2v) is 4.87. The number of rotatable bonds is 3. The third-order valence-electron chi connectivity index (χ3n) is 3.81. The van der Waals surface area contributed by atoms with Gasteiger partial charge in [-0.3, -0.25) is 9.78 Å². The SMILES string of the molecule is CCC1CCC(C)N1C(=O)c1cnccc1NC. The Balaban J connectivity index is 2.30. The fourth-order valence-corrected chi connectivity index (χ4v) is 2.76. The maximum absolute atomic E-state index is 12.7. The number of hydrogen-bond donors (Lipinski definition) is 1. The summed E-state index contributed by atoms with van der Waals surface area (Å²) in [6.45, 7) is 4.27. The normalized spacial score (nSPS) is 23.2. The lowest BCUT2D eigenvalue weighted by molar-refractivity contribution is 0.0677. The summed E-state index contributed by atoms with van der Waals surface area (Å²) in [6.07, 6.45) is 6.59. The second kappa shape index (κ2) is 5.38. The van der Waals surface area contributed by atoms with Crippen LogP contribution in [0.5, 0.6) is 0 Å². The summed E-state index contributed by atoms with van der Waals surface area (Å²) in [5, 5.41) is 3.06. The Hall–Kier alpha value is -1.58. The summed E-state index contributed by atoms with van der Waals surface area (Å²) in [5.41, 5.74) is 1.52. The van der Waals surface area contributed by atoms with Crippen LogP contribution in [-0.2, 0) is 0 Å². The van der Waals surface area contributed by atoms with E-state index in [1.54, 1.807) is 12.4 Å². The zero-order valence-electron chi connectivity index (χ0n) is 11.3. The smallest absolute Gasteiger partial charge is 0.258 e. The van der Waals surface area contributed by atoms with E-state index in [0.717, 1.165) is 24.9 Å². The summed E-state index contributed by atoms with van der Waals surface area (Å²) in [5.74, 6) is 0.101. The molecule has 0 saturated carbocycles. The van der Waals surface area contributed by atoms with E-state index in [2.05, 4.69) is 24.1 Å². The highest BCUT2D eigenvalue weighted by molar-refractivity contribution is 5.99. The molecule has 2 heterocycles. The summed E-state index contributed by atoms with van der Waals surface area (Å²) < 4.78 is 0. The highest BCUT2D eigenvalue weighted by Gasteiger charge is 2.34. The van der Waals surface area contributed by atoms with Crippen LogP contribution in [-0.4, -0.2) is 34.9 Å². The molecule has 1 aromatic heterocycles. The summed E-state index contributed by atoms with van der Waals surface area (Å²) >= 11 is 0. The molecule has 1 amide bonds. The molecule has 1 aliphatic heterocycles. The maximum atomic E-state index is 12.7. The van der Waals surface area contributed by atoms with Gasteiger partial charge in [-0.05, 0) is 32.3 Å². The number of likely N-dealkylation sites (tertiary alicyclic amines) is 1. The molecule has 1 aromatic rings. The predicted octanol–water partition coefficient (Wildman–Crippen LogP) is 2.53. The van der Waals surface area contributed by atoms with Crippen molar-refractivity contribution in [3.63, 3.8) is 0 Å². The Morgan fingerprint density at radius 1 is 1.56 bits per heavy atom. The topological polar surface area (TPSA) is 45.2 Å². The van der Waals surface area contributed by atoms with Crippen LogP contribution in [0.15, 0.2) is 18.5 Å². The van der Waals surface area contributed by atoms with Gasteiger partial charge in [-0.15, -0.1) is 0 Å². The molecule has 4 nitrogen and oxygen atoms in total. The maximum Gasteiger partial charge on any atom is 0.258 e. The van der Waals surface area contributed by atoms with Gasteiger partial charge < -0.3 is 10.2 Å². The fourth-order valence-electron chi connectivity index (χ4n) is 2.76. The molecule has 1 fully saturated rings. The molecule has 1 aliphatic rings. The van der Waals surface area contributed by atoms with Crippen LogP contribution in [0.4, 0.5) is 5.69 Å². The third-order valence-corrected chi connectivity index (χ3v) is 3.81. The molecule has 0 bridgehead atoms. The fraction of sp³-hybridized carbons (Fsp3) is 0.571. The highest BCUT2D eigenvalue weighted by Crippen LogP contribution is 2.29. The molecule has 2 rings (SSSR count). The average molecular weight is 247 g/mol. The largest absolute Gasteiger partial charge is 0.387 e. The molecule has 18 heavy (non-hydrogen) atoms. The average Bonchev–Trinajstić information content (AvgIpc) is 2.79. The van der Waals surface area contributed by atoms with Crippen molar-refractivity contribution in [1.29, 1.82) is 0 Å². The van der Waals surface area contributed by atoms with Crippen molar-refractivity contribution in [3.05, 3.63) is 24.0 Å². The van der Waals surface area contributed by atoms with E-state index in [-0.39, 0.29) is 5.91 Å². The van der Waals surface area contributed by atoms with Crippen LogP contribution in [0, 0.1) is 0 Å². The van der Waals surface area contributed by atoms with Crippen molar-refractivity contribution in [2.24, 2.45) is 0 Å². The number of anilines is 1. The van der Waals surface area contributed by atoms with Crippen molar-refractivity contribution < 1.29 is 4.79 Å². The standard InChI is InChI=1S/C14H21N3O/c1-4-11-6-5-10(2)17(11)14(18)12-9-16-8-7-13(12)15-3/h7-11H,4-6H2,1-3H3,(H,15,16). The Bertz CT molecular complexity index is 433. The van der Waals surface area contributed by atoms with Gasteiger partial charge in [0.05, 0.1) is 5.56 Å². The van der Waals surface area contributed by atoms with Crippen molar-refractivity contribution in [3.8, 4) is 0 Å². The van der Waals surface area contributed by atoms with Gasteiger partial charge in [0, 0.05) is 37.2 Å². The van der Waals surface area contributed by atoms with Crippen LogP contribution in [0.1, 0.15) is 43.5 Å². The van der Waals surface area contributed by atoms with Crippen LogP contribution >= 0.6 is 0 Å². The minimum atomic E-state index is 0.101. The number of nitrogens with zero attached hydrogens (tertiary/aromatic N) is 2. The second-order valence-electron chi connectivity index (χ2n) is 4.87. The first-order chi connectivity index (χ1) is 8.69. The van der Waals surface area contributed by atoms with Gasteiger partial charge in [0.2, 0.25) is 0 Å². The first-order valence-electron chi connectivity index (χ1n) is 6.63. The third kappa shape index (κ3) is 2.19. The molecule has 2 atom stereocenters. The van der Waals surface area contributed by atoms with E-state index in [1.165, 1.54) is 0 Å². The van der Waals surface area contributed by atoms with E-state index in [1.807, 2.05) is 18.0 Å². The number of carbonyl (C=O) groups is 1. The number of pyridine rings is 1. The van der Waals surface area contributed by atoms with Crippen molar-refractivity contribution in [2.75, 3.05) is 12.4 Å². The molecular weight excluding hydrogens is 226 g/mol. The number of carbonyl (C=O) groups excluding carboxylic acids is 1. The molecule has 0 spiro atoms. The number of nitrogens with one attached hydrogen (secondary N) is 1. The Morgan fingerprint density at radius 3 is 3.00 bits per heavy atom. The minimum Gasteiger partial charge on any atom is -0.387 e. The lowest BCUT2D eigenvalue weighted by Gasteiger charge is -2.28. The molecule has 2 unspecified atom stereocenters. The first-order valence-corrected chi connectivity index (χ1v) is 6.63. The predicted molar refractivity (Wildman–Crippen MR) is 72.7 cm³/mol. The highest BCUT2D eigenvalue weighted by atomic mass is 16.2. The van der Waals surface area contributed by atoms with Gasteiger partial charge in [0.15, 0.2) is 0 Å². The lowest BCUT2D eigenvalue weighted by Crippen LogP contribution is -2.40. The van der Waals surface area contributed by atoms with Gasteiger partial charge in [-0.25, -0.2) is 0 Å². The molecule has 0 aliphatic carbocycles. The molecule has 98 valence electrons. The van der Waals surface area contributed by atoms with E-state index in [9.17, 15) is 4.79 Å². The van der Waals surface area contributed by atoms with Crippen molar-refractivity contribution >= 4 is 11.6 Å². The van der Waals surface area contributed by atoms with Crippen LogP contribution in [0.3, 0.4) is 0 Å². The van der Waals surface area contributed by atoms with Gasteiger partial charge in [-0.1, -0.05) is 6.92 Å². The number of hydrogen-bond acceptors (Lipinski definition) is 3. The van der Waals surface area contributed by atoms with Crippen LogP contribution < -0.4 is 5.32 Å². The summed E-state index contributed by atoms with van der Waals surface area (Å²) in [6, 6.07) is 2.54. The van der Waals surface area contributed by atoms with Crippen LogP contribution in [0.25, 0.3) is 0 Å². The first kappa shape index (κ1) is 12.9. The summed E-state index contributed by atoms with van der Waals surface area (Å²) in [4.78, 5) is 18.8. The van der Waals surface area contributed by atoms with Crippen molar-refractivity contribution in [1.82, 2.24) is 9.88 Å². The molecule has 0 radical (unpaired) electrons.